The van der Waals surface area contributed by atoms with Crippen molar-refractivity contribution in [1.29, 1.82) is 5.26 Å². The Hall–Kier alpha value is -2.38. The fourth-order valence-electron chi connectivity index (χ4n) is 1.81. The van der Waals surface area contributed by atoms with Crippen LogP contribution in [0.1, 0.15) is 11.1 Å². The first-order chi connectivity index (χ1) is 10.2. The molecule has 2 rings (SSSR count). The Kier molecular flexibility index (Phi) is 4.91. The van der Waals surface area contributed by atoms with E-state index in [1.54, 1.807) is 32.4 Å². The van der Waals surface area contributed by atoms with E-state index in [-0.39, 0.29) is 0 Å². The van der Waals surface area contributed by atoms with Crippen molar-refractivity contribution < 1.29 is 14.2 Å². The third-order valence-corrected chi connectivity index (χ3v) is 3.23. The van der Waals surface area contributed by atoms with Gasteiger partial charge in [0.05, 0.1) is 24.8 Å². The minimum atomic E-state index is 0.364. The van der Waals surface area contributed by atoms with Gasteiger partial charge in [0, 0.05) is 6.07 Å². The van der Waals surface area contributed by atoms with Crippen LogP contribution in [0.25, 0.3) is 0 Å². The minimum Gasteiger partial charge on any atom is -0.493 e. The van der Waals surface area contributed by atoms with Crippen LogP contribution in [0.4, 0.5) is 0 Å². The van der Waals surface area contributed by atoms with Gasteiger partial charge in [-0.2, -0.15) is 5.26 Å². The van der Waals surface area contributed by atoms with Crippen molar-refractivity contribution in [3.05, 3.63) is 52.5 Å². The van der Waals surface area contributed by atoms with Crippen molar-refractivity contribution >= 4 is 11.6 Å². The Labute approximate surface area is 128 Å². The highest BCUT2D eigenvalue weighted by Crippen LogP contribution is 2.28. The largest absolute Gasteiger partial charge is 0.493 e. The fraction of sp³-hybridized carbons (Fsp3) is 0.188. The summed E-state index contributed by atoms with van der Waals surface area (Å²) in [6.45, 7) is 0.364. The maximum Gasteiger partial charge on any atom is 0.161 e. The zero-order valence-electron chi connectivity index (χ0n) is 11.7. The molecule has 0 radical (unpaired) electrons. The first kappa shape index (κ1) is 15.0. The topological polar surface area (TPSA) is 51.5 Å². The summed E-state index contributed by atoms with van der Waals surface area (Å²) in [6.07, 6.45) is 0. The van der Waals surface area contributed by atoms with Crippen molar-refractivity contribution in [2.45, 2.75) is 6.61 Å². The molecular formula is C16H14ClNO3. The van der Waals surface area contributed by atoms with Gasteiger partial charge >= 0.3 is 0 Å². The van der Waals surface area contributed by atoms with Gasteiger partial charge in [0.2, 0.25) is 0 Å². The van der Waals surface area contributed by atoms with E-state index in [1.165, 1.54) is 0 Å². The van der Waals surface area contributed by atoms with E-state index in [9.17, 15) is 0 Å². The Morgan fingerprint density at radius 1 is 1.05 bits per heavy atom. The molecule has 0 aliphatic rings. The first-order valence-electron chi connectivity index (χ1n) is 6.21. The average molecular weight is 304 g/mol. The number of nitrogens with zero attached hydrogens (tertiary/aromatic N) is 1. The van der Waals surface area contributed by atoms with Crippen LogP contribution in [0.15, 0.2) is 36.4 Å². The third-order valence-electron chi connectivity index (χ3n) is 2.91. The molecule has 5 heteroatoms. The number of hydrogen-bond donors (Lipinski definition) is 0. The molecule has 0 aliphatic carbocycles. The highest BCUT2D eigenvalue weighted by molar-refractivity contribution is 6.31. The van der Waals surface area contributed by atoms with Crippen LogP contribution in [0.2, 0.25) is 5.02 Å². The summed E-state index contributed by atoms with van der Waals surface area (Å²) < 4.78 is 16.1. The van der Waals surface area contributed by atoms with Gasteiger partial charge in [-0.15, -0.1) is 0 Å². The second-order valence-electron chi connectivity index (χ2n) is 4.23. The van der Waals surface area contributed by atoms with E-state index in [0.29, 0.717) is 34.4 Å². The van der Waals surface area contributed by atoms with E-state index in [2.05, 4.69) is 0 Å². The Balaban J connectivity index is 2.09. The normalized spacial score (nSPS) is 9.81. The van der Waals surface area contributed by atoms with Gasteiger partial charge in [-0.1, -0.05) is 17.7 Å². The number of nitriles is 1. The molecule has 0 heterocycles. The van der Waals surface area contributed by atoms with Gasteiger partial charge in [0.15, 0.2) is 11.5 Å². The lowest BCUT2D eigenvalue weighted by atomic mass is 10.2. The van der Waals surface area contributed by atoms with Crippen LogP contribution in [-0.2, 0) is 6.61 Å². The van der Waals surface area contributed by atoms with Crippen molar-refractivity contribution in [2.24, 2.45) is 0 Å². The molecule has 0 bridgehead atoms. The molecule has 0 atom stereocenters. The molecule has 0 saturated carbocycles. The van der Waals surface area contributed by atoms with Crippen LogP contribution in [0, 0.1) is 11.3 Å². The second kappa shape index (κ2) is 6.87. The molecule has 108 valence electrons. The zero-order valence-corrected chi connectivity index (χ0v) is 12.5. The second-order valence-corrected chi connectivity index (χ2v) is 4.64. The van der Waals surface area contributed by atoms with Crippen LogP contribution < -0.4 is 14.2 Å². The lowest BCUT2D eigenvalue weighted by molar-refractivity contribution is 0.304. The molecule has 0 unspecified atom stereocenters. The summed E-state index contributed by atoms with van der Waals surface area (Å²) in [7, 11) is 3.18. The van der Waals surface area contributed by atoms with Gasteiger partial charge in [0.25, 0.3) is 0 Å². The smallest absolute Gasteiger partial charge is 0.161 e. The van der Waals surface area contributed by atoms with Gasteiger partial charge in [-0.05, 0) is 29.8 Å². The quantitative estimate of drug-likeness (QED) is 0.843. The molecule has 21 heavy (non-hydrogen) atoms. The van der Waals surface area contributed by atoms with Crippen molar-refractivity contribution in [3.63, 3.8) is 0 Å². The van der Waals surface area contributed by atoms with Gasteiger partial charge in [-0.25, -0.2) is 0 Å². The van der Waals surface area contributed by atoms with Crippen molar-refractivity contribution in [1.82, 2.24) is 0 Å². The summed E-state index contributed by atoms with van der Waals surface area (Å²) in [5.41, 5.74) is 1.36. The fourth-order valence-corrected chi connectivity index (χ4v) is 2.03. The zero-order chi connectivity index (χ0) is 15.2. The highest BCUT2D eigenvalue weighted by Gasteiger charge is 2.06. The number of benzene rings is 2. The van der Waals surface area contributed by atoms with E-state index in [0.717, 1.165) is 5.56 Å². The standard InChI is InChI=1S/C16H14ClNO3/c1-19-15-6-3-11(7-16(15)20-2)10-21-13-5-4-12(9-18)14(17)8-13/h3-8H,10H2,1-2H3. The molecule has 2 aromatic rings. The molecular weight excluding hydrogens is 290 g/mol. The predicted molar refractivity (Wildman–Crippen MR) is 80.0 cm³/mol. The number of halogens is 1. The monoisotopic (exact) mass is 303 g/mol. The molecule has 2 aromatic carbocycles. The maximum atomic E-state index is 8.82. The van der Waals surface area contributed by atoms with Gasteiger partial charge in [-0.3, -0.25) is 0 Å². The Morgan fingerprint density at radius 3 is 2.43 bits per heavy atom. The summed E-state index contributed by atoms with van der Waals surface area (Å²) in [5.74, 6) is 1.92. The summed E-state index contributed by atoms with van der Waals surface area (Å²) >= 11 is 5.96. The van der Waals surface area contributed by atoms with E-state index in [4.69, 9.17) is 31.1 Å². The predicted octanol–water partition coefficient (Wildman–Crippen LogP) is 3.81. The van der Waals surface area contributed by atoms with E-state index >= 15 is 0 Å². The average Bonchev–Trinajstić information content (AvgIpc) is 2.52. The number of hydrogen-bond acceptors (Lipinski definition) is 4. The summed E-state index contributed by atoms with van der Waals surface area (Å²) in [6, 6.07) is 12.5. The summed E-state index contributed by atoms with van der Waals surface area (Å²) in [5, 5.41) is 9.20. The third kappa shape index (κ3) is 3.59. The molecule has 0 saturated heterocycles. The minimum absolute atomic E-state index is 0.364. The SMILES string of the molecule is COc1ccc(COc2ccc(C#N)c(Cl)c2)cc1OC. The molecule has 0 fully saturated rings. The Morgan fingerprint density at radius 2 is 1.81 bits per heavy atom. The van der Waals surface area contributed by atoms with Crippen LogP contribution >= 0.6 is 11.6 Å². The van der Waals surface area contributed by atoms with Crippen LogP contribution in [-0.4, -0.2) is 14.2 Å². The number of rotatable bonds is 5. The van der Waals surface area contributed by atoms with Crippen LogP contribution in [0.3, 0.4) is 0 Å². The molecule has 4 nitrogen and oxygen atoms in total. The number of methoxy groups -OCH3 is 2. The highest BCUT2D eigenvalue weighted by atomic mass is 35.5. The van der Waals surface area contributed by atoms with Crippen molar-refractivity contribution in [3.8, 4) is 23.3 Å². The van der Waals surface area contributed by atoms with Gasteiger partial charge in [0.1, 0.15) is 18.4 Å². The van der Waals surface area contributed by atoms with Crippen molar-refractivity contribution in [2.75, 3.05) is 14.2 Å². The molecule has 0 aromatic heterocycles. The van der Waals surface area contributed by atoms with Gasteiger partial charge < -0.3 is 14.2 Å². The summed E-state index contributed by atoms with van der Waals surface area (Å²) in [4.78, 5) is 0. The van der Waals surface area contributed by atoms with E-state index in [1.807, 2.05) is 24.3 Å². The van der Waals surface area contributed by atoms with E-state index < -0.39 is 0 Å². The number of ether oxygens (including phenoxy) is 3. The Bertz CT molecular complexity index is 680. The lowest BCUT2D eigenvalue weighted by Gasteiger charge is -2.11. The molecule has 0 spiro atoms. The molecule has 0 aliphatic heterocycles. The lowest BCUT2D eigenvalue weighted by Crippen LogP contribution is -1.98. The maximum absolute atomic E-state index is 8.82. The first-order valence-corrected chi connectivity index (χ1v) is 6.59. The van der Waals surface area contributed by atoms with Crippen LogP contribution in [0.5, 0.6) is 17.2 Å². The molecule has 0 amide bonds. The molecule has 0 N–H and O–H groups in total.